The van der Waals surface area contributed by atoms with Gasteiger partial charge in [-0.1, -0.05) is 37.1 Å². The summed E-state index contributed by atoms with van der Waals surface area (Å²) in [5.41, 5.74) is 14.8. The lowest BCUT2D eigenvalue weighted by Crippen LogP contribution is -2.23. The topological polar surface area (TPSA) is 127 Å². The summed E-state index contributed by atoms with van der Waals surface area (Å²) in [7, 11) is 0. The number of aromatic nitrogens is 3. The molecule has 0 radical (unpaired) electrons. The first-order valence-electron chi connectivity index (χ1n) is 14.7. The first kappa shape index (κ1) is 33.7. The van der Waals surface area contributed by atoms with Crippen molar-refractivity contribution < 1.29 is 4.39 Å². The number of nitrogens with one attached hydrogen (secondary N) is 2. The molecular weight excluding hydrogens is 565 g/mol. The largest absolute Gasteiger partial charge is 0.388 e. The van der Waals surface area contributed by atoms with Crippen LogP contribution in [0.25, 0.3) is 28.0 Å². The van der Waals surface area contributed by atoms with Gasteiger partial charge in [0.15, 0.2) is 5.82 Å². The fourth-order valence-electron chi connectivity index (χ4n) is 4.94. The Labute approximate surface area is 258 Å². The zero-order chi connectivity index (χ0) is 31.4. The number of rotatable bonds is 14. The number of aliphatic imine (C=N–C) groups is 1. The molecule has 0 saturated heterocycles. The molecule has 2 heterocycles. The van der Waals surface area contributed by atoms with Gasteiger partial charge in [0.25, 0.3) is 0 Å². The molecule has 4 rings (SSSR count). The van der Waals surface area contributed by atoms with Crippen molar-refractivity contribution in [3.05, 3.63) is 94.3 Å². The fraction of sp³-hybridized carbons (Fsp3) is 0.364. The van der Waals surface area contributed by atoms with Crippen LogP contribution in [0.5, 0.6) is 0 Å². The summed E-state index contributed by atoms with van der Waals surface area (Å²) in [5.74, 6) is 0.0911. The van der Waals surface area contributed by atoms with Crippen LogP contribution in [0.1, 0.15) is 63.1 Å². The Bertz CT molecular complexity index is 1560. The molecule has 0 aliphatic carbocycles. The molecule has 1 unspecified atom stereocenters. The summed E-state index contributed by atoms with van der Waals surface area (Å²) in [6.07, 6.45) is 7.19. The molecule has 0 saturated carbocycles. The fourth-order valence-corrected chi connectivity index (χ4v) is 5.18. The number of halogens is 2. The lowest BCUT2D eigenvalue weighted by Gasteiger charge is -2.19. The van der Waals surface area contributed by atoms with Crippen LogP contribution >= 0.6 is 11.6 Å². The van der Waals surface area contributed by atoms with Crippen LogP contribution in [0.3, 0.4) is 0 Å². The Kier molecular flexibility index (Phi) is 13.1. The summed E-state index contributed by atoms with van der Waals surface area (Å²) in [6, 6.07) is 13.4. The maximum absolute atomic E-state index is 15.0. The number of nitrogens with two attached hydrogens (primary N) is 2. The van der Waals surface area contributed by atoms with Gasteiger partial charge in [0, 0.05) is 29.7 Å². The van der Waals surface area contributed by atoms with E-state index in [-0.39, 0.29) is 11.1 Å². The molecule has 2 aromatic carbocycles. The van der Waals surface area contributed by atoms with E-state index in [4.69, 9.17) is 23.1 Å². The van der Waals surface area contributed by atoms with Gasteiger partial charge in [0.05, 0.1) is 22.2 Å². The molecule has 6 N–H and O–H groups in total. The van der Waals surface area contributed by atoms with Gasteiger partial charge in [-0.2, -0.15) is 4.98 Å². The Morgan fingerprint density at radius 3 is 2.60 bits per heavy atom. The first-order chi connectivity index (χ1) is 20.8. The van der Waals surface area contributed by atoms with Crippen molar-refractivity contribution in [2.24, 2.45) is 16.5 Å². The van der Waals surface area contributed by atoms with Crippen LogP contribution in [-0.4, -0.2) is 40.0 Å². The highest BCUT2D eigenvalue weighted by Gasteiger charge is 2.16. The average Bonchev–Trinajstić information content (AvgIpc) is 3.41. The molecule has 1 atom stereocenters. The van der Waals surface area contributed by atoms with Crippen molar-refractivity contribution in [2.45, 2.75) is 58.4 Å². The van der Waals surface area contributed by atoms with Crippen LogP contribution in [0.2, 0.25) is 5.02 Å². The number of benzene rings is 2. The highest BCUT2D eigenvalue weighted by molar-refractivity contribution is 6.31. The molecule has 8 nitrogen and oxygen atoms in total. The van der Waals surface area contributed by atoms with E-state index >= 15 is 4.39 Å². The molecule has 230 valence electrons. The van der Waals surface area contributed by atoms with Crippen molar-refractivity contribution in [1.29, 1.82) is 0 Å². The lowest BCUT2D eigenvalue weighted by molar-refractivity contribution is 0.490. The Morgan fingerprint density at radius 2 is 1.93 bits per heavy atom. The third kappa shape index (κ3) is 9.10. The second-order valence-electron chi connectivity index (χ2n) is 10.3. The van der Waals surface area contributed by atoms with Gasteiger partial charge in [-0.15, -0.1) is 13.2 Å². The van der Waals surface area contributed by atoms with Crippen molar-refractivity contribution in [1.82, 2.24) is 19.9 Å². The molecule has 0 aliphatic rings. The van der Waals surface area contributed by atoms with Crippen molar-refractivity contribution in [2.75, 3.05) is 19.6 Å². The second kappa shape index (κ2) is 16.7. The van der Waals surface area contributed by atoms with E-state index in [0.29, 0.717) is 46.9 Å². The van der Waals surface area contributed by atoms with Gasteiger partial charge in [-0.3, -0.25) is 9.56 Å². The summed E-state index contributed by atoms with van der Waals surface area (Å²) < 4.78 is 16.5. The third-order valence-electron chi connectivity index (χ3n) is 7.04. The quantitative estimate of drug-likeness (QED) is 0.0566. The zero-order valence-electron chi connectivity index (χ0n) is 25.1. The maximum atomic E-state index is 15.0. The number of amidine groups is 1. The molecule has 4 aromatic rings. The Hall–Kier alpha value is -3.79. The van der Waals surface area contributed by atoms with E-state index in [9.17, 15) is 4.79 Å². The predicted octanol–water partition coefficient (Wildman–Crippen LogP) is 6.45. The van der Waals surface area contributed by atoms with Crippen LogP contribution in [0.15, 0.2) is 71.6 Å². The van der Waals surface area contributed by atoms with Crippen LogP contribution in [0, 0.1) is 5.82 Å². The molecule has 0 bridgehead atoms. The van der Waals surface area contributed by atoms with Gasteiger partial charge >= 0.3 is 5.69 Å². The average molecular weight is 608 g/mol. The number of hydrogen-bond acceptors (Lipinski definition) is 5. The molecule has 2 aromatic heterocycles. The highest BCUT2D eigenvalue weighted by Crippen LogP contribution is 2.31. The van der Waals surface area contributed by atoms with Crippen molar-refractivity contribution in [3.8, 4) is 16.9 Å². The number of H-pyrrole nitrogens is 1. The highest BCUT2D eigenvalue weighted by atomic mass is 35.5. The third-order valence-corrected chi connectivity index (χ3v) is 7.32. The maximum Gasteiger partial charge on any atom is 0.354 e. The number of nitrogens with zero attached hydrogens (tertiary/aromatic N) is 3. The number of unbranched alkanes of at least 4 members (excludes halogenated alkanes) is 1. The smallest absolute Gasteiger partial charge is 0.354 e. The minimum absolute atomic E-state index is 0.0616. The summed E-state index contributed by atoms with van der Waals surface area (Å²) in [4.78, 5) is 24.6. The van der Waals surface area contributed by atoms with Crippen LogP contribution in [0.4, 0.5) is 4.39 Å². The minimum atomic E-state index is -0.510. The molecule has 10 heteroatoms. The Morgan fingerprint density at radius 1 is 1.19 bits per heavy atom. The van der Waals surface area contributed by atoms with Crippen molar-refractivity contribution >= 4 is 28.5 Å². The van der Waals surface area contributed by atoms with Gasteiger partial charge in [-0.25, -0.2) is 9.18 Å². The zero-order valence-corrected chi connectivity index (χ0v) is 25.9. The van der Waals surface area contributed by atoms with E-state index in [1.54, 1.807) is 31.3 Å². The molecular formula is C33H43ClFN7O. The monoisotopic (exact) mass is 607 g/mol. The molecule has 0 aliphatic heterocycles. The van der Waals surface area contributed by atoms with Gasteiger partial charge in [0.2, 0.25) is 0 Å². The summed E-state index contributed by atoms with van der Waals surface area (Å²) in [6.45, 7) is 12.1. The lowest BCUT2D eigenvalue weighted by atomic mass is 10.0. The number of aromatic amines is 1. The first-order valence-corrected chi connectivity index (χ1v) is 15.1. The van der Waals surface area contributed by atoms with Crippen LogP contribution < -0.4 is 22.5 Å². The number of aryl methyl sites for hydroxylation is 1. The van der Waals surface area contributed by atoms with Gasteiger partial charge in [0.1, 0.15) is 5.65 Å². The molecule has 43 heavy (non-hydrogen) atoms. The molecule has 0 spiro atoms. The van der Waals surface area contributed by atoms with Crippen LogP contribution in [-0.2, 0) is 6.42 Å². The van der Waals surface area contributed by atoms with E-state index in [1.165, 1.54) is 4.57 Å². The van der Waals surface area contributed by atoms with E-state index in [1.807, 2.05) is 24.3 Å². The number of hydrogen-bond donors (Lipinski definition) is 4. The molecule has 0 fully saturated rings. The molecule has 0 amide bonds. The normalized spacial score (nSPS) is 12.3. The minimum Gasteiger partial charge on any atom is -0.388 e. The Balaban J connectivity index is 0.00000248. The van der Waals surface area contributed by atoms with Crippen molar-refractivity contribution in [3.63, 3.8) is 0 Å². The van der Waals surface area contributed by atoms with E-state index in [0.717, 1.165) is 56.2 Å². The summed E-state index contributed by atoms with van der Waals surface area (Å²) >= 11 is 6.22. The SMILES string of the molecule is C=C.CCCC(NCCCN=C(C)N)c1ccc(-n2cc3cc(-c4cc(CCCCN)cc(Cl)c4F)[nH]c3nc2=O)cc1. The summed E-state index contributed by atoms with van der Waals surface area (Å²) in [5, 5.41) is 4.36. The van der Waals surface area contributed by atoms with Gasteiger partial charge in [-0.05, 0) is 93.6 Å². The van der Waals surface area contributed by atoms with E-state index in [2.05, 4.69) is 40.4 Å². The predicted molar refractivity (Wildman–Crippen MR) is 178 cm³/mol. The number of fused-ring (bicyclic) bond motifs is 1. The second-order valence-corrected chi connectivity index (χ2v) is 10.7. The standard InChI is InChI=1S/C31H39ClFN7O.C2H4/c1-3-7-27(37-15-6-14-36-20(2)35)22-9-11-24(12-10-22)40-19-23-18-28(38-30(23)39-31(40)41)25-16-21(8-4-5-13-34)17-26(32)29(25)33;1-2/h9-12,16-19,27,37H,3-8,13-15,34H2,1-2H3,(H2,35,36)(H,38,39,41);1-2H2. The van der Waals surface area contributed by atoms with E-state index < -0.39 is 11.5 Å². The van der Waals surface area contributed by atoms with Gasteiger partial charge < -0.3 is 21.8 Å².